The number of aliphatic hydroxyl groups excluding tert-OH is 1. The van der Waals surface area contributed by atoms with Gasteiger partial charge in [0.1, 0.15) is 0 Å². The highest BCUT2D eigenvalue weighted by Crippen LogP contribution is 2.24. The number of benzene rings is 1. The molecule has 16 heavy (non-hydrogen) atoms. The van der Waals surface area contributed by atoms with Gasteiger partial charge in [-0.25, -0.2) is 0 Å². The molecule has 0 saturated heterocycles. The van der Waals surface area contributed by atoms with Crippen LogP contribution in [0.15, 0.2) is 30.3 Å². The zero-order valence-corrected chi connectivity index (χ0v) is 11.7. The van der Waals surface area contributed by atoms with Crippen LogP contribution in [0.25, 0.3) is 0 Å². The molecule has 0 atom stereocenters. The summed E-state index contributed by atoms with van der Waals surface area (Å²) in [6, 6.07) is 10.7. The van der Waals surface area contributed by atoms with E-state index >= 15 is 0 Å². The summed E-state index contributed by atoms with van der Waals surface area (Å²) < 4.78 is 0. The molecule has 1 rings (SSSR count). The van der Waals surface area contributed by atoms with Crippen molar-refractivity contribution in [1.29, 1.82) is 0 Å². The van der Waals surface area contributed by atoms with Crippen LogP contribution in [0, 0.1) is 5.41 Å². The van der Waals surface area contributed by atoms with Gasteiger partial charge < -0.3 is 5.11 Å². The Morgan fingerprint density at radius 2 is 1.50 bits per heavy atom. The molecule has 0 amide bonds. The Bertz CT molecular complexity index is 232. The summed E-state index contributed by atoms with van der Waals surface area (Å²) in [5.41, 5.74) is 1.89. The van der Waals surface area contributed by atoms with Crippen molar-refractivity contribution < 1.29 is 6.53 Å². The lowest BCUT2D eigenvalue weighted by atomic mass is 9.83. The maximum Gasteiger partial charge on any atom is 0.0319 e. The molecule has 0 spiro atoms. The van der Waals surface area contributed by atoms with E-state index in [1.807, 2.05) is 13.8 Å². The molecule has 1 N–H and O–H groups in total. The van der Waals surface area contributed by atoms with Gasteiger partial charge in [-0.05, 0) is 17.4 Å². The third-order valence-electron chi connectivity index (χ3n) is 2.48. The van der Waals surface area contributed by atoms with Crippen LogP contribution >= 0.6 is 0 Å². The van der Waals surface area contributed by atoms with E-state index in [1.165, 1.54) is 18.4 Å². The summed E-state index contributed by atoms with van der Waals surface area (Å²) in [6.45, 7) is 10.9. The monoisotopic (exact) mass is 226 g/mol. The molecule has 0 aliphatic carbocycles. The molecule has 0 bridgehead atoms. The first-order chi connectivity index (χ1) is 7.64. The molecule has 0 radical (unpaired) electrons. The van der Waals surface area contributed by atoms with E-state index < -0.39 is 0 Å². The lowest BCUT2D eigenvalue weighted by molar-refractivity contribution is 0.349. The fourth-order valence-electron chi connectivity index (χ4n) is 1.27. The number of hydrogen-bond donors (Lipinski definition) is 1. The van der Waals surface area contributed by atoms with Gasteiger partial charge >= 0.3 is 0 Å². The number of rotatable bonds is 3. The maximum absolute atomic E-state index is 7.00. The SMILES string of the molecule is CC.CCC(C)(C)Cc1ccccc1.CO.[HH]. The smallest absolute Gasteiger partial charge is 0.0319 e. The van der Waals surface area contributed by atoms with Gasteiger partial charge in [0.2, 0.25) is 0 Å². The molecule has 0 fully saturated rings. The van der Waals surface area contributed by atoms with Crippen molar-refractivity contribution in [2.45, 2.75) is 47.5 Å². The van der Waals surface area contributed by atoms with Gasteiger partial charge in [-0.15, -0.1) is 0 Å². The van der Waals surface area contributed by atoms with Gasteiger partial charge in [0, 0.05) is 8.54 Å². The molecule has 1 nitrogen and oxygen atoms in total. The topological polar surface area (TPSA) is 20.2 Å². The van der Waals surface area contributed by atoms with E-state index in [0.29, 0.717) is 5.41 Å². The Hall–Kier alpha value is -0.820. The Morgan fingerprint density at radius 1 is 1.06 bits per heavy atom. The third kappa shape index (κ3) is 8.49. The van der Waals surface area contributed by atoms with Crippen LogP contribution in [0.3, 0.4) is 0 Å². The standard InChI is InChI=1S/C12H18.C2H6.CH4O.H2/c1-4-12(2,3)10-11-8-6-5-7-9-11;2*1-2;/h5-9H,4,10H2,1-3H3;1-2H3;2H,1H3;1H. The normalized spacial score (nSPS) is 9.44. The zero-order valence-electron chi connectivity index (χ0n) is 11.7. The Morgan fingerprint density at radius 3 is 1.88 bits per heavy atom. The average molecular weight is 226 g/mol. The molecular formula is C15H30O. The van der Waals surface area contributed by atoms with Crippen molar-refractivity contribution in [3.63, 3.8) is 0 Å². The van der Waals surface area contributed by atoms with Crippen LogP contribution in [0.1, 0.15) is 48.0 Å². The maximum atomic E-state index is 7.00. The van der Waals surface area contributed by atoms with E-state index in [0.717, 1.165) is 7.11 Å². The van der Waals surface area contributed by atoms with Gasteiger partial charge in [-0.1, -0.05) is 71.4 Å². The summed E-state index contributed by atoms with van der Waals surface area (Å²) in [4.78, 5) is 0. The molecule has 0 aliphatic rings. The lowest BCUT2D eigenvalue weighted by Gasteiger charge is -2.22. The predicted octanol–water partition coefficient (Wildman–Crippen LogP) is 4.55. The Labute approximate surface area is 103 Å². The van der Waals surface area contributed by atoms with E-state index in [1.54, 1.807) is 0 Å². The van der Waals surface area contributed by atoms with Gasteiger partial charge in [-0.2, -0.15) is 0 Å². The second-order valence-corrected chi connectivity index (χ2v) is 4.18. The highest BCUT2D eigenvalue weighted by Gasteiger charge is 2.14. The first-order valence-corrected chi connectivity index (χ1v) is 6.13. The van der Waals surface area contributed by atoms with Gasteiger partial charge in [-0.3, -0.25) is 0 Å². The second-order valence-electron chi connectivity index (χ2n) is 4.18. The molecule has 96 valence electrons. The van der Waals surface area contributed by atoms with Crippen molar-refractivity contribution in [3.8, 4) is 0 Å². The average Bonchev–Trinajstić information content (AvgIpc) is 2.35. The summed E-state index contributed by atoms with van der Waals surface area (Å²) in [6.07, 6.45) is 2.42. The second kappa shape index (κ2) is 10.7. The Kier molecular flexibility index (Phi) is 11.7. The minimum atomic E-state index is 0. The van der Waals surface area contributed by atoms with Crippen molar-refractivity contribution in [1.82, 2.24) is 0 Å². The Balaban J connectivity index is -0.000000355. The third-order valence-corrected chi connectivity index (χ3v) is 2.48. The molecule has 0 heterocycles. The van der Waals surface area contributed by atoms with E-state index in [4.69, 9.17) is 5.11 Å². The lowest BCUT2D eigenvalue weighted by Crippen LogP contribution is -2.12. The largest absolute Gasteiger partial charge is 0.400 e. The highest BCUT2D eigenvalue weighted by molar-refractivity contribution is 5.15. The van der Waals surface area contributed by atoms with E-state index in [-0.39, 0.29) is 1.43 Å². The molecular weight excluding hydrogens is 196 g/mol. The van der Waals surface area contributed by atoms with E-state index in [2.05, 4.69) is 51.1 Å². The van der Waals surface area contributed by atoms with Crippen LogP contribution < -0.4 is 0 Å². The summed E-state index contributed by atoms with van der Waals surface area (Å²) >= 11 is 0. The number of hydrogen-bond acceptors (Lipinski definition) is 1. The predicted molar refractivity (Wildman–Crippen MR) is 75.8 cm³/mol. The fraction of sp³-hybridized carbons (Fsp3) is 0.600. The summed E-state index contributed by atoms with van der Waals surface area (Å²) in [7, 11) is 1.00. The van der Waals surface area contributed by atoms with Crippen LogP contribution in [-0.2, 0) is 6.42 Å². The van der Waals surface area contributed by atoms with Gasteiger partial charge in [0.15, 0.2) is 0 Å². The summed E-state index contributed by atoms with van der Waals surface area (Å²) in [5.74, 6) is 0. The molecule has 1 heteroatoms. The summed E-state index contributed by atoms with van der Waals surface area (Å²) in [5, 5.41) is 7.00. The van der Waals surface area contributed by atoms with Crippen molar-refractivity contribution in [2.24, 2.45) is 5.41 Å². The fourth-order valence-corrected chi connectivity index (χ4v) is 1.27. The quantitative estimate of drug-likeness (QED) is 0.802. The minimum absolute atomic E-state index is 0. The first kappa shape index (κ1) is 17.6. The first-order valence-electron chi connectivity index (χ1n) is 6.13. The highest BCUT2D eigenvalue weighted by atomic mass is 16.2. The minimum Gasteiger partial charge on any atom is -0.400 e. The molecule has 0 aliphatic heterocycles. The van der Waals surface area contributed by atoms with Crippen molar-refractivity contribution in [3.05, 3.63) is 35.9 Å². The van der Waals surface area contributed by atoms with Crippen LogP contribution in [0.2, 0.25) is 0 Å². The zero-order chi connectivity index (χ0) is 13.0. The number of aliphatic hydroxyl groups is 1. The molecule has 0 aromatic heterocycles. The van der Waals surface area contributed by atoms with Gasteiger partial charge in [0.05, 0.1) is 0 Å². The van der Waals surface area contributed by atoms with E-state index in [9.17, 15) is 0 Å². The van der Waals surface area contributed by atoms with Crippen molar-refractivity contribution >= 4 is 0 Å². The molecule has 0 saturated carbocycles. The van der Waals surface area contributed by atoms with Crippen LogP contribution in [-0.4, -0.2) is 12.2 Å². The van der Waals surface area contributed by atoms with Crippen LogP contribution in [0.4, 0.5) is 0 Å². The van der Waals surface area contributed by atoms with Crippen LogP contribution in [0.5, 0.6) is 0 Å². The van der Waals surface area contributed by atoms with Crippen molar-refractivity contribution in [2.75, 3.05) is 7.11 Å². The molecule has 0 unspecified atom stereocenters. The van der Waals surface area contributed by atoms with Gasteiger partial charge in [0.25, 0.3) is 0 Å². The molecule has 1 aromatic carbocycles. The molecule has 1 aromatic rings.